The van der Waals surface area contributed by atoms with Crippen LogP contribution in [0.1, 0.15) is 39.9 Å². The lowest BCUT2D eigenvalue weighted by Gasteiger charge is -2.37. The second-order valence-corrected chi connectivity index (χ2v) is 8.26. The van der Waals surface area contributed by atoms with Crippen LogP contribution in [0.2, 0.25) is 0 Å². The molecule has 2 aliphatic heterocycles. The van der Waals surface area contributed by atoms with E-state index >= 15 is 0 Å². The molecule has 0 aliphatic carbocycles. The van der Waals surface area contributed by atoms with Crippen molar-refractivity contribution >= 4 is 23.2 Å². The highest BCUT2D eigenvalue weighted by molar-refractivity contribution is 6.25. The number of hydrogen-bond donors (Lipinski definition) is 2. The van der Waals surface area contributed by atoms with Gasteiger partial charge in [0.15, 0.2) is 0 Å². The second kappa shape index (κ2) is 9.38. The Kier molecular flexibility index (Phi) is 6.38. The fourth-order valence-corrected chi connectivity index (χ4v) is 4.49. The number of nitrogens with zero attached hydrogens (tertiary/aromatic N) is 4. The molecule has 2 fully saturated rings. The van der Waals surface area contributed by atoms with E-state index in [9.17, 15) is 14.0 Å². The minimum absolute atomic E-state index is 0.0484. The molecule has 0 saturated carbocycles. The van der Waals surface area contributed by atoms with Crippen molar-refractivity contribution in [2.75, 3.05) is 31.5 Å². The molecule has 0 spiro atoms. The fraction of sp³-hybridized carbons (Fsp3) is 0.333. The second-order valence-electron chi connectivity index (χ2n) is 8.26. The van der Waals surface area contributed by atoms with E-state index < -0.39 is 11.7 Å². The molecule has 2 aromatic rings. The molecule has 170 valence electrons. The van der Waals surface area contributed by atoms with Crippen LogP contribution in [0.15, 0.2) is 36.7 Å². The minimum Gasteiger partial charge on any atom is -0.404 e. The van der Waals surface area contributed by atoms with Crippen molar-refractivity contribution in [3.8, 4) is 6.07 Å². The van der Waals surface area contributed by atoms with Crippen molar-refractivity contribution in [3.05, 3.63) is 64.7 Å². The highest BCUT2D eigenvalue weighted by Crippen LogP contribution is 2.25. The first kappa shape index (κ1) is 22.4. The van der Waals surface area contributed by atoms with Crippen molar-refractivity contribution in [1.29, 1.82) is 5.26 Å². The maximum absolute atomic E-state index is 14.3. The molecule has 2 amide bonds. The Morgan fingerprint density at radius 1 is 1.27 bits per heavy atom. The summed E-state index contributed by atoms with van der Waals surface area (Å²) in [5.41, 5.74) is 6.48. The molecule has 0 unspecified atom stereocenters. The summed E-state index contributed by atoms with van der Waals surface area (Å²) in [7, 11) is 0. The number of rotatable bonds is 4. The van der Waals surface area contributed by atoms with E-state index in [1.165, 1.54) is 31.7 Å². The number of carbonyl (C=O) groups excluding carboxylic acids is 2. The first-order valence-corrected chi connectivity index (χ1v) is 10.8. The monoisotopic (exact) mass is 448 g/mol. The Bertz CT molecular complexity index is 1150. The van der Waals surface area contributed by atoms with Gasteiger partial charge in [-0.15, -0.1) is 0 Å². The average Bonchev–Trinajstić information content (AvgIpc) is 3.30. The Labute approximate surface area is 191 Å². The van der Waals surface area contributed by atoms with E-state index in [2.05, 4.69) is 15.2 Å². The number of nitriles is 1. The molecule has 1 aromatic carbocycles. The predicted octanol–water partition coefficient (Wildman–Crippen LogP) is 2.26. The molecular weight excluding hydrogens is 423 g/mol. The maximum Gasteiger partial charge on any atom is 0.258 e. The maximum atomic E-state index is 14.3. The molecule has 0 bridgehead atoms. The summed E-state index contributed by atoms with van der Waals surface area (Å²) < 4.78 is 14.3. The van der Waals surface area contributed by atoms with Gasteiger partial charge in [0.05, 0.1) is 16.7 Å². The number of fused-ring (bicyclic) bond motifs is 1. The topological polar surface area (TPSA) is 115 Å². The highest BCUT2D eigenvalue weighted by Gasteiger charge is 2.32. The number of benzene rings is 1. The number of nitrogens with two attached hydrogens (primary N) is 1. The predicted molar refractivity (Wildman–Crippen MR) is 121 cm³/mol. The molecule has 4 rings (SSSR count). The molecule has 2 saturated heterocycles. The van der Waals surface area contributed by atoms with E-state index in [4.69, 9.17) is 11.0 Å². The fourth-order valence-electron chi connectivity index (χ4n) is 4.49. The number of aromatic nitrogens is 1. The SMILES string of the molecule is Cc1c(C(=CN)C(=O)Nc2ccc(C(=O)N3CCN4CCC[C@@H]4C3)cn2)ccc(C#N)c1F. The molecule has 2 aliphatic rings. The van der Waals surface area contributed by atoms with Crippen LogP contribution < -0.4 is 11.1 Å². The average molecular weight is 449 g/mol. The summed E-state index contributed by atoms with van der Waals surface area (Å²) in [5, 5.41) is 11.6. The zero-order chi connectivity index (χ0) is 23.5. The van der Waals surface area contributed by atoms with Crippen LogP contribution >= 0.6 is 0 Å². The highest BCUT2D eigenvalue weighted by atomic mass is 19.1. The molecule has 3 heterocycles. The smallest absolute Gasteiger partial charge is 0.258 e. The van der Waals surface area contributed by atoms with Crippen LogP contribution in [-0.2, 0) is 4.79 Å². The number of nitrogens with one attached hydrogen (secondary N) is 1. The van der Waals surface area contributed by atoms with Gasteiger partial charge in [-0.3, -0.25) is 14.5 Å². The van der Waals surface area contributed by atoms with Crippen LogP contribution in [0.5, 0.6) is 0 Å². The standard InChI is InChI=1S/C24H25FN6O2/c1-15-19(6-4-16(11-26)22(15)25)20(12-27)23(32)29-21-7-5-17(13-28-21)24(33)31-10-9-30-8-2-3-18(30)14-31/h4-7,12-13,18H,2-3,8-10,14,27H2,1H3,(H,28,29,32)/t18-/m1/s1. The van der Waals surface area contributed by atoms with Gasteiger partial charge in [0.2, 0.25) is 0 Å². The third-order valence-electron chi connectivity index (χ3n) is 6.33. The molecular formula is C24H25FN6O2. The number of piperazine rings is 1. The quantitative estimate of drug-likeness (QED) is 0.694. The minimum atomic E-state index is -0.693. The third-order valence-corrected chi connectivity index (χ3v) is 6.33. The van der Waals surface area contributed by atoms with Crippen LogP contribution in [0.4, 0.5) is 10.2 Å². The van der Waals surface area contributed by atoms with Gasteiger partial charge in [-0.25, -0.2) is 9.37 Å². The van der Waals surface area contributed by atoms with Gasteiger partial charge >= 0.3 is 0 Å². The largest absolute Gasteiger partial charge is 0.404 e. The lowest BCUT2D eigenvalue weighted by atomic mass is 9.98. The van der Waals surface area contributed by atoms with Gasteiger partial charge in [-0.2, -0.15) is 5.26 Å². The van der Waals surface area contributed by atoms with Crippen LogP contribution in [0.3, 0.4) is 0 Å². The van der Waals surface area contributed by atoms with Gasteiger partial charge in [0.25, 0.3) is 11.8 Å². The van der Waals surface area contributed by atoms with E-state index in [1.54, 1.807) is 18.2 Å². The Morgan fingerprint density at radius 2 is 2.09 bits per heavy atom. The zero-order valence-electron chi connectivity index (χ0n) is 18.3. The molecule has 0 radical (unpaired) electrons. The van der Waals surface area contributed by atoms with Crippen molar-refractivity contribution in [1.82, 2.24) is 14.8 Å². The first-order valence-electron chi connectivity index (χ1n) is 10.8. The molecule has 9 heteroatoms. The van der Waals surface area contributed by atoms with Gasteiger partial charge in [-0.05, 0) is 55.6 Å². The molecule has 1 aromatic heterocycles. The normalized spacial score (nSPS) is 18.5. The number of pyridine rings is 1. The summed E-state index contributed by atoms with van der Waals surface area (Å²) in [6.45, 7) is 4.89. The van der Waals surface area contributed by atoms with E-state index in [-0.39, 0.29) is 34.0 Å². The van der Waals surface area contributed by atoms with Crippen LogP contribution in [0, 0.1) is 24.1 Å². The molecule has 3 N–H and O–H groups in total. The summed E-state index contributed by atoms with van der Waals surface area (Å²) in [6, 6.07) is 8.17. The summed E-state index contributed by atoms with van der Waals surface area (Å²) in [5.74, 6) is -1.10. The third kappa shape index (κ3) is 4.43. The van der Waals surface area contributed by atoms with E-state index in [0.717, 1.165) is 32.3 Å². The van der Waals surface area contributed by atoms with Crippen molar-refractivity contribution < 1.29 is 14.0 Å². The summed E-state index contributed by atoms with van der Waals surface area (Å²) >= 11 is 0. The van der Waals surface area contributed by atoms with Crippen molar-refractivity contribution in [2.24, 2.45) is 5.73 Å². The van der Waals surface area contributed by atoms with Gasteiger partial charge in [0, 0.05) is 38.1 Å². The zero-order valence-corrected chi connectivity index (χ0v) is 18.3. The number of amides is 2. The van der Waals surface area contributed by atoms with E-state index in [1.807, 2.05) is 4.90 Å². The van der Waals surface area contributed by atoms with Gasteiger partial charge in [-0.1, -0.05) is 6.07 Å². The lowest BCUT2D eigenvalue weighted by molar-refractivity contribution is -0.111. The Balaban J connectivity index is 1.44. The van der Waals surface area contributed by atoms with Gasteiger partial charge < -0.3 is 16.0 Å². The van der Waals surface area contributed by atoms with Crippen molar-refractivity contribution in [2.45, 2.75) is 25.8 Å². The molecule has 1 atom stereocenters. The van der Waals surface area contributed by atoms with E-state index in [0.29, 0.717) is 18.2 Å². The Morgan fingerprint density at radius 3 is 2.79 bits per heavy atom. The lowest BCUT2D eigenvalue weighted by Crippen LogP contribution is -2.52. The summed E-state index contributed by atoms with van der Waals surface area (Å²) in [4.78, 5) is 34.1. The first-order chi connectivity index (χ1) is 15.9. The number of hydrogen-bond acceptors (Lipinski definition) is 6. The summed E-state index contributed by atoms with van der Waals surface area (Å²) in [6.07, 6.45) is 4.82. The van der Waals surface area contributed by atoms with Crippen LogP contribution in [-0.4, -0.2) is 58.8 Å². The molecule has 33 heavy (non-hydrogen) atoms. The van der Waals surface area contributed by atoms with Crippen molar-refractivity contribution in [3.63, 3.8) is 0 Å². The number of carbonyl (C=O) groups is 2. The van der Waals surface area contributed by atoms with Gasteiger partial charge in [0.1, 0.15) is 17.7 Å². The number of anilines is 1. The number of halogens is 1. The molecule has 8 nitrogen and oxygen atoms in total. The Hall–Kier alpha value is -3.77. The van der Waals surface area contributed by atoms with Crippen LogP contribution in [0.25, 0.3) is 5.57 Å².